The molecule has 1 amide bonds. The summed E-state index contributed by atoms with van der Waals surface area (Å²) in [6, 6.07) is 1.30. The Morgan fingerprint density at radius 2 is 1.80 bits per heavy atom. The van der Waals surface area contributed by atoms with E-state index in [4.69, 9.17) is 0 Å². The Balaban J connectivity index is 1.36. The summed E-state index contributed by atoms with van der Waals surface area (Å²) in [5.41, 5.74) is 0. The molecule has 2 heterocycles. The van der Waals surface area contributed by atoms with Crippen LogP contribution in [0.5, 0.6) is 0 Å². The molecule has 0 aromatic rings. The van der Waals surface area contributed by atoms with Crippen LogP contribution in [0.2, 0.25) is 0 Å². The fourth-order valence-corrected chi connectivity index (χ4v) is 4.40. The lowest BCUT2D eigenvalue weighted by atomic mass is 9.89. The zero-order valence-corrected chi connectivity index (χ0v) is 12.3. The third kappa shape index (κ3) is 3.53. The van der Waals surface area contributed by atoms with Gasteiger partial charge in [-0.1, -0.05) is 12.8 Å². The zero-order chi connectivity index (χ0) is 13.9. The summed E-state index contributed by atoms with van der Waals surface area (Å²) in [5.74, 6) is 1.08. The summed E-state index contributed by atoms with van der Waals surface area (Å²) < 4.78 is 0. The molecule has 4 heteroatoms. The number of rotatable bonds is 5. The molecule has 0 aromatic carbocycles. The smallest absolute Gasteiger partial charge is 0.220 e. The van der Waals surface area contributed by atoms with Gasteiger partial charge in [-0.15, -0.1) is 0 Å². The third-order valence-electron chi connectivity index (χ3n) is 5.50. The van der Waals surface area contributed by atoms with Gasteiger partial charge < -0.3 is 15.7 Å². The lowest BCUT2D eigenvalue weighted by molar-refractivity contribution is -0.122. The number of piperidine rings is 1. The van der Waals surface area contributed by atoms with Crippen molar-refractivity contribution >= 4 is 5.91 Å². The van der Waals surface area contributed by atoms with Crippen LogP contribution in [-0.2, 0) is 4.79 Å². The molecule has 0 spiro atoms. The van der Waals surface area contributed by atoms with Crippen molar-refractivity contribution in [3.05, 3.63) is 0 Å². The van der Waals surface area contributed by atoms with Crippen molar-refractivity contribution in [1.29, 1.82) is 0 Å². The SMILES string of the molecule is O=C(CC1CC2CCC(C1)N2)NCC(O)C1CCCC1. The van der Waals surface area contributed by atoms with E-state index < -0.39 is 0 Å². The molecule has 3 aliphatic rings. The largest absolute Gasteiger partial charge is 0.391 e. The molecule has 2 bridgehead atoms. The van der Waals surface area contributed by atoms with Crippen molar-refractivity contribution in [3.8, 4) is 0 Å². The van der Waals surface area contributed by atoms with Gasteiger partial charge in [0.05, 0.1) is 6.10 Å². The number of amides is 1. The van der Waals surface area contributed by atoms with Crippen LogP contribution in [0.1, 0.15) is 57.8 Å². The van der Waals surface area contributed by atoms with Crippen LogP contribution >= 0.6 is 0 Å². The average Bonchev–Trinajstić information content (AvgIpc) is 3.06. The monoisotopic (exact) mass is 280 g/mol. The van der Waals surface area contributed by atoms with Crippen molar-refractivity contribution in [3.63, 3.8) is 0 Å². The van der Waals surface area contributed by atoms with Crippen LogP contribution in [0.15, 0.2) is 0 Å². The van der Waals surface area contributed by atoms with E-state index >= 15 is 0 Å². The highest BCUT2D eigenvalue weighted by Gasteiger charge is 2.34. The predicted octanol–water partition coefficient (Wildman–Crippen LogP) is 1.57. The lowest BCUT2D eigenvalue weighted by Crippen LogP contribution is -2.41. The number of carbonyl (C=O) groups excluding carboxylic acids is 1. The molecule has 3 N–H and O–H groups in total. The number of fused-ring (bicyclic) bond motifs is 2. The Kier molecular flexibility index (Phi) is 4.61. The van der Waals surface area contributed by atoms with E-state index in [1.807, 2.05) is 0 Å². The van der Waals surface area contributed by atoms with E-state index in [-0.39, 0.29) is 12.0 Å². The van der Waals surface area contributed by atoms with Crippen molar-refractivity contribution in [2.75, 3.05) is 6.54 Å². The Morgan fingerprint density at radius 3 is 2.45 bits per heavy atom. The van der Waals surface area contributed by atoms with E-state index in [2.05, 4.69) is 10.6 Å². The summed E-state index contributed by atoms with van der Waals surface area (Å²) in [7, 11) is 0. The molecule has 1 saturated carbocycles. The molecule has 0 aromatic heterocycles. The van der Waals surface area contributed by atoms with Crippen LogP contribution in [-0.4, -0.2) is 35.7 Å². The second kappa shape index (κ2) is 6.44. The number of nitrogens with one attached hydrogen (secondary N) is 2. The van der Waals surface area contributed by atoms with E-state index in [0.29, 0.717) is 36.9 Å². The van der Waals surface area contributed by atoms with Gasteiger partial charge in [0.1, 0.15) is 0 Å². The van der Waals surface area contributed by atoms with E-state index in [0.717, 1.165) is 25.7 Å². The highest BCUT2D eigenvalue weighted by molar-refractivity contribution is 5.76. The fraction of sp³-hybridized carbons (Fsp3) is 0.938. The van der Waals surface area contributed by atoms with Crippen LogP contribution < -0.4 is 10.6 Å². The first-order valence-electron chi connectivity index (χ1n) is 8.41. The number of aliphatic hydroxyl groups excluding tert-OH is 1. The van der Waals surface area contributed by atoms with Crippen molar-refractivity contribution in [1.82, 2.24) is 10.6 Å². The molecule has 0 radical (unpaired) electrons. The summed E-state index contributed by atoms with van der Waals surface area (Å²) in [5, 5.41) is 16.6. The van der Waals surface area contributed by atoms with Gasteiger partial charge in [0.2, 0.25) is 5.91 Å². The summed E-state index contributed by atoms with van der Waals surface area (Å²) in [6.45, 7) is 0.446. The molecule has 2 saturated heterocycles. The molecule has 1 aliphatic carbocycles. The minimum atomic E-state index is -0.342. The summed E-state index contributed by atoms with van der Waals surface area (Å²) in [4.78, 5) is 12.0. The van der Waals surface area contributed by atoms with Gasteiger partial charge in [-0.2, -0.15) is 0 Å². The molecule has 3 atom stereocenters. The first kappa shape index (κ1) is 14.3. The highest BCUT2D eigenvalue weighted by Crippen LogP contribution is 2.32. The van der Waals surface area contributed by atoms with Crippen molar-refractivity contribution in [2.24, 2.45) is 11.8 Å². The predicted molar refractivity (Wildman–Crippen MR) is 78.3 cm³/mol. The number of hydrogen-bond donors (Lipinski definition) is 3. The Bertz CT molecular complexity index is 329. The second-order valence-electron chi connectivity index (χ2n) is 7.10. The van der Waals surface area contributed by atoms with Gasteiger partial charge >= 0.3 is 0 Å². The van der Waals surface area contributed by atoms with Gasteiger partial charge in [-0.05, 0) is 50.4 Å². The molecular formula is C16H28N2O2. The number of hydrogen-bond acceptors (Lipinski definition) is 3. The molecule has 114 valence electrons. The molecule has 4 nitrogen and oxygen atoms in total. The van der Waals surface area contributed by atoms with E-state index in [1.165, 1.54) is 25.7 Å². The van der Waals surface area contributed by atoms with Gasteiger partial charge in [-0.25, -0.2) is 0 Å². The Morgan fingerprint density at radius 1 is 1.15 bits per heavy atom. The highest BCUT2D eigenvalue weighted by atomic mass is 16.3. The number of carbonyl (C=O) groups is 1. The van der Waals surface area contributed by atoms with Crippen LogP contribution in [0.25, 0.3) is 0 Å². The molecule has 3 unspecified atom stereocenters. The minimum absolute atomic E-state index is 0.133. The summed E-state index contributed by atoms with van der Waals surface area (Å²) >= 11 is 0. The quantitative estimate of drug-likeness (QED) is 0.716. The van der Waals surface area contributed by atoms with Crippen molar-refractivity contribution < 1.29 is 9.90 Å². The molecular weight excluding hydrogens is 252 g/mol. The topological polar surface area (TPSA) is 61.4 Å². The molecule has 2 aliphatic heterocycles. The lowest BCUT2D eigenvalue weighted by Gasteiger charge is -2.28. The normalized spacial score (nSPS) is 35.1. The summed E-state index contributed by atoms with van der Waals surface area (Å²) in [6.07, 6.45) is 9.86. The maximum atomic E-state index is 12.0. The minimum Gasteiger partial charge on any atom is -0.391 e. The Labute approximate surface area is 121 Å². The van der Waals surface area contributed by atoms with Gasteiger partial charge in [0.25, 0.3) is 0 Å². The van der Waals surface area contributed by atoms with Crippen LogP contribution in [0, 0.1) is 11.8 Å². The molecule has 3 fully saturated rings. The maximum absolute atomic E-state index is 12.0. The second-order valence-corrected chi connectivity index (χ2v) is 7.10. The van der Waals surface area contributed by atoms with Crippen molar-refractivity contribution in [2.45, 2.75) is 76.0 Å². The average molecular weight is 280 g/mol. The first-order valence-corrected chi connectivity index (χ1v) is 8.41. The standard InChI is InChI=1S/C16H28N2O2/c19-15(12-3-1-2-4-12)10-17-16(20)9-11-7-13-5-6-14(8-11)18-13/h11-15,18-19H,1-10H2,(H,17,20). The maximum Gasteiger partial charge on any atom is 0.220 e. The Hall–Kier alpha value is -0.610. The van der Waals surface area contributed by atoms with E-state index in [9.17, 15) is 9.90 Å². The van der Waals surface area contributed by atoms with Crippen LogP contribution in [0.3, 0.4) is 0 Å². The third-order valence-corrected chi connectivity index (χ3v) is 5.50. The zero-order valence-electron chi connectivity index (χ0n) is 12.3. The first-order chi connectivity index (χ1) is 9.70. The fourth-order valence-electron chi connectivity index (χ4n) is 4.40. The van der Waals surface area contributed by atoms with Gasteiger partial charge in [0.15, 0.2) is 0 Å². The number of aliphatic hydroxyl groups is 1. The molecule has 3 rings (SSSR count). The van der Waals surface area contributed by atoms with Gasteiger partial charge in [-0.3, -0.25) is 4.79 Å². The molecule has 20 heavy (non-hydrogen) atoms. The van der Waals surface area contributed by atoms with Crippen LogP contribution in [0.4, 0.5) is 0 Å². The van der Waals surface area contributed by atoms with E-state index in [1.54, 1.807) is 0 Å². The van der Waals surface area contributed by atoms with Gasteiger partial charge in [0, 0.05) is 25.0 Å².